The number of aliphatic hydroxyl groups is 1. The van der Waals surface area contributed by atoms with Crippen molar-refractivity contribution >= 4 is 23.9 Å². The molecule has 0 amide bonds. The van der Waals surface area contributed by atoms with Gasteiger partial charge in [-0.25, -0.2) is 0 Å². The average Bonchev–Trinajstić information content (AvgIpc) is 3.70. The van der Waals surface area contributed by atoms with Gasteiger partial charge in [0.05, 0.1) is 6.61 Å². The summed E-state index contributed by atoms with van der Waals surface area (Å²) in [6.45, 7) is 14.8. The van der Waals surface area contributed by atoms with E-state index in [1.807, 2.05) is 20.8 Å². The van der Waals surface area contributed by atoms with Gasteiger partial charge in [-0.1, -0.05) is 91.9 Å². The van der Waals surface area contributed by atoms with Crippen LogP contribution in [0.4, 0.5) is 0 Å². The molecule has 0 radical (unpaired) electrons. The lowest BCUT2D eigenvalue weighted by Gasteiger charge is -2.45. The number of ether oxygens (including phenoxy) is 10. The molecule has 336 valence electrons. The average molecular weight is 831 g/mol. The van der Waals surface area contributed by atoms with Crippen molar-refractivity contribution in [2.45, 2.75) is 238 Å². The lowest BCUT2D eigenvalue weighted by atomic mass is 9.97. The SMILES string of the molecule is CCCCCCCC(=O)O[C@@H]1[C@H](OC(O)[C@@H]2OC(C)(C)O[C@H]2[C@@H]2COC(C)(C)O2)O[C@H](COC(=O)CCCCC)[C@@H](OC(=O)CCCCC)[C@@H]1OC(=O)CCCCC. The quantitative estimate of drug-likeness (QED) is 0.0383. The zero-order chi connectivity index (χ0) is 42.7. The van der Waals surface area contributed by atoms with Crippen LogP contribution in [0.25, 0.3) is 0 Å². The minimum Gasteiger partial charge on any atom is -0.463 e. The number of unbranched alkanes of at least 4 members (excludes halogenated alkanes) is 10. The van der Waals surface area contributed by atoms with Crippen LogP contribution in [0.1, 0.15) is 171 Å². The molecular weight excluding hydrogens is 756 g/mol. The van der Waals surface area contributed by atoms with E-state index in [1.165, 1.54) is 0 Å². The molecule has 9 atom stereocenters. The van der Waals surface area contributed by atoms with Crippen LogP contribution >= 0.6 is 0 Å². The third kappa shape index (κ3) is 16.9. The Morgan fingerprint density at radius 2 is 1.09 bits per heavy atom. The fraction of sp³-hybridized carbons (Fsp3) is 0.907. The van der Waals surface area contributed by atoms with Gasteiger partial charge in [0.15, 0.2) is 36.2 Å². The molecule has 0 aromatic rings. The summed E-state index contributed by atoms with van der Waals surface area (Å²) in [6, 6.07) is 0. The summed E-state index contributed by atoms with van der Waals surface area (Å²) in [7, 11) is 0. The Morgan fingerprint density at radius 1 is 0.603 bits per heavy atom. The number of carbonyl (C=O) groups is 4. The Labute approximate surface area is 346 Å². The van der Waals surface area contributed by atoms with Gasteiger partial charge in [0.1, 0.15) is 31.0 Å². The second-order valence-electron chi connectivity index (χ2n) is 16.6. The number of esters is 4. The smallest absolute Gasteiger partial charge is 0.306 e. The minimum absolute atomic E-state index is 0.0511. The monoisotopic (exact) mass is 831 g/mol. The molecule has 15 heteroatoms. The highest BCUT2D eigenvalue weighted by molar-refractivity contribution is 5.72. The molecule has 0 aliphatic carbocycles. The minimum atomic E-state index is -1.77. The zero-order valence-corrected chi connectivity index (χ0v) is 36.5. The Morgan fingerprint density at radius 3 is 1.62 bits per heavy atom. The molecule has 0 aromatic carbocycles. The second kappa shape index (κ2) is 25.4. The van der Waals surface area contributed by atoms with Crippen LogP contribution in [0.3, 0.4) is 0 Å². The van der Waals surface area contributed by atoms with Gasteiger partial charge in [0.25, 0.3) is 0 Å². The Bertz CT molecular complexity index is 1240. The molecule has 0 bridgehead atoms. The van der Waals surface area contributed by atoms with Crippen molar-refractivity contribution in [1.29, 1.82) is 0 Å². The summed E-state index contributed by atoms with van der Waals surface area (Å²) in [4.78, 5) is 53.4. The predicted molar refractivity (Wildman–Crippen MR) is 211 cm³/mol. The standard InChI is InChI=1S/C43H74O15/c1-9-13-17-18-22-26-34(47)54-39-37(53-33(46)25-21-16-12-4)35(52-32(45)24-20-15-11-3)29(27-49-31(44)23-19-14-10-2)51-41(39)55-40(48)38-36(57-43(7,8)58-38)30-28-50-42(5,6)56-30/h29-30,35-41,48H,9-28H2,1-8H3/t29-,30+,35-,36+,37+,38-,39+,40?,41+/m1/s1. The second-order valence-corrected chi connectivity index (χ2v) is 16.6. The van der Waals surface area contributed by atoms with Crippen molar-refractivity contribution in [3.8, 4) is 0 Å². The van der Waals surface area contributed by atoms with Gasteiger partial charge in [-0.2, -0.15) is 0 Å². The van der Waals surface area contributed by atoms with E-state index >= 15 is 0 Å². The predicted octanol–water partition coefficient (Wildman–Crippen LogP) is 7.10. The van der Waals surface area contributed by atoms with E-state index in [1.54, 1.807) is 27.7 Å². The van der Waals surface area contributed by atoms with E-state index in [-0.39, 0.29) is 32.3 Å². The first-order valence-electron chi connectivity index (χ1n) is 22.0. The molecule has 0 spiro atoms. The highest BCUT2D eigenvalue weighted by atomic mass is 16.8. The fourth-order valence-electron chi connectivity index (χ4n) is 7.25. The van der Waals surface area contributed by atoms with Gasteiger partial charge in [-0.3, -0.25) is 19.2 Å². The molecule has 0 aromatic heterocycles. The maximum atomic E-state index is 13.6. The van der Waals surface area contributed by atoms with E-state index < -0.39 is 97.4 Å². The normalized spacial score (nSPS) is 28.2. The molecule has 3 aliphatic rings. The lowest BCUT2D eigenvalue weighted by molar-refractivity contribution is -0.347. The van der Waals surface area contributed by atoms with E-state index in [0.717, 1.165) is 64.2 Å². The molecule has 58 heavy (non-hydrogen) atoms. The molecule has 1 N–H and O–H groups in total. The van der Waals surface area contributed by atoms with Crippen LogP contribution < -0.4 is 0 Å². The first-order chi connectivity index (χ1) is 27.6. The molecule has 3 rings (SSSR count). The highest BCUT2D eigenvalue weighted by Crippen LogP contribution is 2.39. The van der Waals surface area contributed by atoms with Crippen molar-refractivity contribution in [3.63, 3.8) is 0 Å². The summed E-state index contributed by atoms with van der Waals surface area (Å²) in [5.41, 5.74) is 0. The molecule has 0 saturated carbocycles. The van der Waals surface area contributed by atoms with E-state index in [4.69, 9.17) is 47.4 Å². The van der Waals surface area contributed by atoms with Crippen molar-refractivity contribution < 1.29 is 71.7 Å². The van der Waals surface area contributed by atoms with Crippen molar-refractivity contribution in [1.82, 2.24) is 0 Å². The number of hydrogen-bond donors (Lipinski definition) is 1. The van der Waals surface area contributed by atoms with Gasteiger partial charge in [0.2, 0.25) is 6.29 Å². The third-order valence-corrected chi connectivity index (χ3v) is 10.4. The summed E-state index contributed by atoms with van der Waals surface area (Å²) < 4.78 is 60.7. The first-order valence-corrected chi connectivity index (χ1v) is 22.0. The Hall–Kier alpha value is -2.40. The van der Waals surface area contributed by atoms with Gasteiger partial charge in [0, 0.05) is 25.7 Å². The number of carbonyl (C=O) groups excluding carboxylic acids is 4. The Balaban J connectivity index is 2.02. The maximum Gasteiger partial charge on any atom is 0.306 e. The lowest BCUT2D eigenvalue weighted by Crippen LogP contribution is -2.64. The Kier molecular flexibility index (Phi) is 21.9. The highest BCUT2D eigenvalue weighted by Gasteiger charge is 2.57. The summed E-state index contributed by atoms with van der Waals surface area (Å²) in [6.07, 6.45) is -0.119. The zero-order valence-electron chi connectivity index (χ0n) is 36.5. The van der Waals surface area contributed by atoms with Crippen LogP contribution in [-0.4, -0.2) is 109 Å². The van der Waals surface area contributed by atoms with Gasteiger partial charge >= 0.3 is 23.9 Å². The van der Waals surface area contributed by atoms with Gasteiger partial charge < -0.3 is 52.5 Å². The topological polar surface area (TPSA) is 181 Å². The van der Waals surface area contributed by atoms with Crippen LogP contribution in [-0.2, 0) is 66.5 Å². The number of aliphatic hydroxyl groups excluding tert-OH is 1. The molecule has 3 heterocycles. The van der Waals surface area contributed by atoms with E-state index in [9.17, 15) is 24.3 Å². The molecule has 3 saturated heterocycles. The van der Waals surface area contributed by atoms with Gasteiger partial charge in [-0.15, -0.1) is 0 Å². The largest absolute Gasteiger partial charge is 0.463 e. The number of rotatable bonds is 27. The van der Waals surface area contributed by atoms with Crippen molar-refractivity contribution in [2.75, 3.05) is 13.2 Å². The van der Waals surface area contributed by atoms with Crippen molar-refractivity contribution in [3.05, 3.63) is 0 Å². The van der Waals surface area contributed by atoms with Crippen LogP contribution in [0, 0.1) is 0 Å². The van der Waals surface area contributed by atoms with Crippen LogP contribution in [0.15, 0.2) is 0 Å². The van der Waals surface area contributed by atoms with Gasteiger partial charge in [-0.05, 0) is 53.4 Å². The van der Waals surface area contributed by atoms with E-state index in [2.05, 4.69) is 6.92 Å². The summed E-state index contributed by atoms with van der Waals surface area (Å²) in [5, 5.41) is 11.8. The number of hydrogen-bond acceptors (Lipinski definition) is 15. The molecular formula is C43H74O15. The molecule has 15 nitrogen and oxygen atoms in total. The van der Waals surface area contributed by atoms with Crippen molar-refractivity contribution in [2.24, 2.45) is 0 Å². The summed E-state index contributed by atoms with van der Waals surface area (Å²) >= 11 is 0. The summed E-state index contributed by atoms with van der Waals surface area (Å²) in [5.74, 6) is -4.37. The van der Waals surface area contributed by atoms with Crippen LogP contribution in [0.5, 0.6) is 0 Å². The first kappa shape index (κ1) is 50.0. The third-order valence-electron chi connectivity index (χ3n) is 10.4. The van der Waals surface area contributed by atoms with Crippen LogP contribution in [0.2, 0.25) is 0 Å². The maximum absolute atomic E-state index is 13.6. The van der Waals surface area contributed by atoms with E-state index in [0.29, 0.717) is 25.7 Å². The molecule has 1 unspecified atom stereocenters. The fourth-order valence-corrected chi connectivity index (χ4v) is 7.25. The molecule has 3 fully saturated rings. The molecule has 3 aliphatic heterocycles.